The highest BCUT2D eigenvalue weighted by Crippen LogP contribution is 2.37. The van der Waals surface area contributed by atoms with Crippen molar-refractivity contribution in [3.8, 4) is 12.3 Å². The molecule has 0 aromatic rings. The smallest absolute Gasteiger partial charge is 0.234 e. The molecule has 2 fully saturated rings. The lowest BCUT2D eigenvalue weighted by Gasteiger charge is -2.42. The lowest BCUT2D eigenvalue weighted by Crippen LogP contribution is -2.65. The van der Waals surface area contributed by atoms with E-state index in [4.69, 9.17) is 6.42 Å². The van der Waals surface area contributed by atoms with Crippen LogP contribution < -0.4 is 10.6 Å². The van der Waals surface area contributed by atoms with E-state index in [1.165, 1.54) is 0 Å². The van der Waals surface area contributed by atoms with Gasteiger partial charge < -0.3 is 15.5 Å². The summed E-state index contributed by atoms with van der Waals surface area (Å²) < 4.78 is 0. The average molecular weight is 303 g/mol. The maximum Gasteiger partial charge on any atom is 0.234 e. The first-order valence-electron chi connectivity index (χ1n) is 7.80. The third-order valence-corrected chi connectivity index (χ3v) is 4.63. The molecule has 22 heavy (non-hydrogen) atoms. The molecule has 0 aromatic heterocycles. The standard InChI is InChI=1S/C15H21N5O2/c1-2-3-6-15(18-19-15)7-4-14(22)20-8-5-11-12(10-20)17-13(21)9-16-11/h1,11-12,16H,3-10H2,(H,17,21)/t11-,12+/m0/s1. The summed E-state index contributed by atoms with van der Waals surface area (Å²) in [4.78, 5) is 25.7. The monoisotopic (exact) mass is 303 g/mol. The molecule has 0 unspecified atom stereocenters. The minimum atomic E-state index is -0.402. The van der Waals surface area contributed by atoms with Crippen LogP contribution in [0.4, 0.5) is 0 Å². The van der Waals surface area contributed by atoms with Gasteiger partial charge in [-0.2, -0.15) is 10.2 Å². The molecular formula is C15H21N5O2. The Labute approximate surface area is 129 Å². The number of nitrogens with zero attached hydrogens (tertiary/aromatic N) is 3. The largest absolute Gasteiger partial charge is 0.349 e. The Morgan fingerprint density at radius 1 is 1.41 bits per heavy atom. The first-order valence-corrected chi connectivity index (χ1v) is 7.80. The van der Waals surface area contributed by atoms with Crippen LogP contribution in [0.1, 0.15) is 32.1 Å². The zero-order valence-corrected chi connectivity index (χ0v) is 12.5. The molecule has 0 radical (unpaired) electrons. The molecule has 2 saturated heterocycles. The number of piperazine rings is 1. The van der Waals surface area contributed by atoms with Gasteiger partial charge in [0.2, 0.25) is 11.8 Å². The fourth-order valence-corrected chi connectivity index (χ4v) is 3.18. The molecule has 7 nitrogen and oxygen atoms in total. The summed E-state index contributed by atoms with van der Waals surface area (Å²) in [5, 5.41) is 14.3. The summed E-state index contributed by atoms with van der Waals surface area (Å²) in [5.41, 5.74) is -0.402. The molecular weight excluding hydrogens is 282 g/mol. The van der Waals surface area contributed by atoms with Crippen molar-refractivity contribution >= 4 is 11.8 Å². The first kappa shape index (κ1) is 15.0. The predicted octanol–water partition coefficient (Wildman–Crippen LogP) is 0.0310. The van der Waals surface area contributed by atoms with E-state index in [1.807, 2.05) is 4.90 Å². The number of fused-ring (bicyclic) bond motifs is 1. The van der Waals surface area contributed by atoms with Crippen LogP contribution in [0.2, 0.25) is 0 Å². The Hall–Kier alpha value is -1.94. The molecule has 0 bridgehead atoms. The number of carbonyl (C=O) groups is 2. The molecule has 2 N–H and O–H groups in total. The van der Waals surface area contributed by atoms with Gasteiger partial charge in [-0.25, -0.2) is 0 Å². The highest BCUT2D eigenvalue weighted by atomic mass is 16.2. The Morgan fingerprint density at radius 2 is 2.23 bits per heavy atom. The van der Waals surface area contributed by atoms with Crippen LogP contribution in [0.3, 0.4) is 0 Å². The van der Waals surface area contributed by atoms with Crippen molar-refractivity contribution in [3.05, 3.63) is 0 Å². The molecule has 7 heteroatoms. The van der Waals surface area contributed by atoms with Gasteiger partial charge in [0.15, 0.2) is 5.66 Å². The molecule has 0 spiro atoms. The summed E-state index contributed by atoms with van der Waals surface area (Å²) in [6.07, 6.45) is 8.54. The second-order valence-electron chi connectivity index (χ2n) is 6.18. The molecule has 0 aliphatic carbocycles. The van der Waals surface area contributed by atoms with Gasteiger partial charge in [-0.3, -0.25) is 9.59 Å². The van der Waals surface area contributed by atoms with Gasteiger partial charge in [-0.1, -0.05) is 0 Å². The maximum atomic E-state index is 12.4. The third kappa shape index (κ3) is 3.28. The van der Waals surface area contributed by atoms with Crippen molar-refractivity contribution in [2.45, 2.75) is 49.9 Å². The van der Waals surface area contributed by atoms with E-state index in [0.717, 1.165) is 19.4 Å². The lowest BCUT2D eigenvalue weighted by atomic mass is 9.96. The number of terminal acetylenes is 1. The van der Waals surface area contributed by atoms with E-state index in [1.54, 1.807) is 0 Å². The quantitative estimate of drug-likeness (QED) is 0.703. The molecule has 3 rings (SSSR count). The van der Waals surface area contributed by atoms with Crippen molar-refractivity contribution < 1.29 is 9.59 Å². The normalized spacial score (nSPS) is 28.5. The fourth-order valence-electron chi connectivity index (χ4n) is 3.18. The second-order valence-corrected chi connectivity index (χ2v) is 6.18. The molecule has 3 aliphatic heterocycles. The minimum Gasteiger partial charge on any atom is -0.349 e. The topological polar surface area (TPSA) is 86.2 Å². The highest BCUT2D eigenvalue weighted by Gasteiger charge is 2.40. The van der Waals surface area contributed by atoms with E-state index in [2.05, 4.69) is 26.8 Å². The van der Waals surface area contributed by atoms with Crippen molar-refractivity contribution in [3.63, 3.8) is 0 Å². The van der Waals surface area contributed by atoms with E-state index in [0.29, 0.717) is 32.4 Å². The first-order chi connectivity index (χ1) is 10.6. The van der Waals surface area contributed by atoms with Crippen molar-refractivity contribution in [1.29, 1.82) is 0 Å². The number of nitrogens with one attached hydrogen (secondary N) is 2. The van der Waals surface area contributed by atoms with Gasteiger partial charge in [0.1, 0.15) is 0 Å². The second kappa shape index (κ2) is 6.05. The van der Waals surface area contributed by atoms with Gasteiger partial charge in [-0.15, -0.1) is 12.3 Å². The van der Waals surface area contributed by atoms with Gasteiger partial charge in [0.25, 0.3) is 0 Å². The average Bonchev–Trinajstić information content (AvgIpc) is 3.30. The summed E-state index contributed by atoms with van der Waals surface area (Å²) in [6.45, 7) is 1.68. The molecule has 118 valence electrons. The van der Waals surface area contributed by atoms with Crippen LogP contribution in [0.25, 0.3) is 0 Å². The fraction of sp³-hybridized carbons (Fsp3) is 0.733. The number of likely N-dealkylation sites (tertiary alicyclic amines) is 1. The van der Waals surface area contributed by atoms with Crippen LogP contribution in [0, 0.1) is 12.3 Å². The van der Waals surface area contributed by atoms with Crippen LogP contribution in [-0.2, 0) is 9.59 Å². The zero-order valence-electron chi connectivity index (χ0n) is 12.5. The van der Waals surface area contributed by atoms with Gasteiger partial charge in [-0.05, 0) is 6.42 Å². The summed E-state index contributed by atoms with van der Waals surface area (Å²) in [6, 6.07) is 0.293. The Bertz CT molecular complexity index is 533. The summed E-state index contributed by atoms with van der Waals surface area (Å²) in [5.74, 6) is 2.69. The van der Waals surface area contributed by atoms with Crippen molar-refractivity contribution in [2.24, 2.45) is 10.2 Å². The highest BCUT2D eigenvalue weighted by molar-refractivity contribution is 5.80. The van der Waals surface area contributed by atoms with Gasteiger partial charge in [0.05, 0.1) is 12.6 Å². The molecule has 3 aliphatic rings. The Balaban J connectivity index is 1.47. The number of amides is 2. The van der Waals surface area contributed by atoms with E-state index < -0.39 is 5.66 Å². The van der Waals surface area contributed by atoms with Gasteiger partial charge >= 0.3 is 0 Å². The molecule has 3 heterocycles. The lowest BCUT2D eigenvalue weighted by molar-refractivity contribution is -0.135. The van der Waals surface area contributed by atoms with E-state index >= 15 is 0 Å². The third-order valence-electron chi connectivity index (χ3n) is 4.63. The molecule has 2 atom stereocenters. The summed E-state index contributed by atoms with van der Waals surface area (Å²) in [7, 11) is 0. The zero-order chi connectivity index (χ0) is 15.6. The van der Waals surface area contributed by atoms with Gasteiger partial charge in [0, 0.05) is 44.8 Å². The number of rotatable bonds is 5. The molecule has 2 amide bonds. The number of hydrogen-bond donors (Lipinski definition) is 2. The number of piperidine rings is 1. The predicted molar refractivity (Wildman–Crippen MR) is 79.8 cm³/mol. The van der Waals surface area contributed by atoms with E-state index in [9.17, 15) is 9.59 Å². The number of hydrogen-bond acceptors (Lipinski definition) is 5. The van der Waals surface area contributed by atoms with E-state index in [-0.39, 0.29) is 23.9 Å². The Kier molecular flexibility index (Phi) is 4.12. The van der Waals surface area contributed by atoms with Crippen molar-refractivity contribution in [2.75, 3.05) is 19.6 Å². The molecule has 0 aromatic carbocycles. The molecule has 0 saturated carbocycles. The van der Waals surface area contributed by atoms with Crippen LogP contribution in [0.15, 0.2) is 10.2 Å². The summed E-state index contributed by atoms with van der Waals surface area (Å²) >= 11 is 0. The van der Waals surface area contributed by atoms with Crippen molar-refractivity contribution in [1.82, 2.24) is 15.5 Å². The van der Waals surface area contributed by atoms with Crippen LogP contribution in [0.5, 0.6) is 0 Å². The minimum absolute atomic E-state index is 0.000586. The SMILES string of the molecule is C#CCCC1(CCC(=O)N2CC[C@@H]3NCC(=O)N[C@@H]3C2)N=N1. The van der Waals surface area contributed by atoms with Crippen LogP contribution in [-0.4, -0.2) is 54.1 Å². The number of carbonyl (C=O) groups excluding carboxylic acids is 2. The Morgan fingerprint density at radius 3 is 2.95 bits per heavy atom. The van der Waals surface area contributed by atoms with Crippen LogP contribution >= 0.6 is 0 Å². The maximum absolute atomic E-state index is 12.4.